The summed E-state index contributed by atoms with van der Waals surface area (Å²) in [6.07, 6.45) is 0.495. The quantitative estimate of drug-likeness (QED) is 0.523. The Hall–Kier alpha value is -2.15. The maximum Gasteiger partial charge on any atom is 0.342 e. The molecule has 1 aromatic carbocycles. The summed E-state index contributed by atoms with van der Waals surface area (Å²) in [5, 5.41) is 31.3. The minimum absolute atomic E-state index is 0.00344. The normalized spacial score (nSPS) is 11.9. The fourth-order valence-electron chi connectivity index (χ4n) is 1.50. The van der Waals surface area contributed by atoms with Crippen LogP contribution in [-0.2, 0) is 0 Å². The summed E-state index contributed by atoms with van der Waals surface area (Å²) >= 11 is 0. The van der Waals surface area contributed by atoms with Gasteiger partial charge in [-0.15, -0.1) is 0 Å². The third-order valence-electron chi connectivity index (χ3n) is 2.40. The smallest absolute Gasteiger partial charge is 0.342 e. The highest BCUT2D eigenvalue weighted by Crippen LogP contribution is 2.23. The molecule has 0 radical (unpaired) electrons. The second-order valence-corrected chi connectivity index (χ2v) is 3.85. The summed E-state index contributed by atoms with van der Waals surface area (Å²) in [5.41, 5.74) is -0.350. The van der Waals surface area contributed by atoms with Crippen molar-refractivity contribution in [3.05, 3.63) is 33.9 Å². The molecule has 1 unspecified atom stereocenters. The minimum atomic E-state index is -1.34. The van der Waals surface area contributed by atoms with Crippen molar-refractivity contribution in [2.24, 2.45) is 0 Å². The number of carbonyl (C=O) groups is 1. The zero-order valence-corrected chi connectivity index (χ0v) is 9.79. The van der Waals surface area contributed by atoms with Gasteiger partial charge in [-0.3, -0.25) is 10.1 Å². The molecule has 7 nitrogen and oxygen atoms in total. The lowest BCUT2D eigenvalue weighted by Gasteiger charge is -2.13. The SMILES string of the molecule is CC(CCO)Nc1ccc(C(=O)O)c([N+](=O)[O-])c1. The first-order valence-electron chi connectivity index (χ1n) is 5.35. The molecule has 0 amide bonds. The maximum absolute atomic E-state index is 10.8. The molecule has 98 valence electrons. The van der Waals surface area contributed by atoms with Crippen molar-refractivity contribution < 1.29 is 19.9 Å². The third kappa shape index (κ3) is 3.42. The number of anilines is 1. The summed E-state index contributed by atoms with van der Waals surface area (Å²) in [4.78, 5) is 20.8. The fraction of sp³-hybridized carbons (Fsp3) is 0.364. The molecule has 1 aromatic rings. The Labute approximate surface area is 103 Å². The second kappa shape index (κ2) is 5.97. The molecule has 0 fully saturated rings. The van der Waals surface area contributed by atoms with Gasteiger partial charge >= 0.3 is 5.97 Å². The van der Waals surface area contributed by atoms with Crippen molar-refractivity contribution in [2.75, 3.05) is 11.9 Å². The first-order chi connectivity index (χ1) is 8.45. The molecule has 0 aliphatic carbocycles. The van der Waals surface area contributed by atoms with E-state index in [0.717, 1.165) is 0 Å². The van der Waals surface area contributed by atoms with Gasteiger partial charge in [0.2, 0.25) is 0 Å². The number of aliphatic hydroxyl groups excluding tert-OH is 1. The van der Waals surface area contributed by atoms with Crippen LogP contribution in [0.1, 0.15) is 23.7 Å². The molecule has 7 heteroatoms. The molecule has 0 saturated carbocycles. The zero-order chi connectivity index (χ0) is 13.7. The molecule has 1 atom stereocenters. The van der Waals surface area contributed by atoms with E-state index in [1.54, 1.807) is 0 Å². The fourth-order valence-corrected chi connectivity index (χ4v) is 1.50. The minimum Gasteiger partial charge on any atom is -0.477 e. The Morgan fingerprint density at radius 1 is 1.56 bits per heavy atom. The number of nitrogens with one attached hydrogen (secondary N) is 1. The molecule has 18 heavy (non-hydrogen) atoms. The largest absolute Gasteiger partial charge is 0.477 e. The molecular weight excluding hydrogens is 240 g/mol. The number of hydrogen-bond donors (Lipinski definition) is 3. The predicted octanol–water partition coefficient (Wildman–Crippen LogP) is 1.48. The van der Waals surface area contributed by atoms with Crippen LogP contribution in [0.4, 0.5) is 11.4 Å². The number of nitrogens with zero attached hydrogens (tertiary/aromatic N) is 1. The average Bonchev–Trinajstić information content (AvgIpc) is 2.28. The van der Waals surface area contributed by atoms with Crippen LogP contribution >= 0.6 is 0 Å². The van der Waals surface area contributed by atoms with Gasteiger partial charge in [0.25, 0.3) is 5.69 Å². The van der Waals surface area contributed by atoms with Crippen molar-refractivity contribution in [1.82, 2.24) is 0 Å². The van der Waals surface area contributed by atoms with Crippen LogP contribution < -0.4 is 5.32 Å². The summed E-state index contributed by atoms with van der Waals surface area (Å²) in [5.74, 6) is -1.34. The van der Waals surface area contributed by atoms with E-state index in [-0.39, 0.29) is 18.2 Å². The van der Waals surface area contributed by atoms with Crippen molar-refractivity contribution >= 4 is 17.3 Å². The van der Waals surface area contributed by atoms with Crippen molar-refractivity contribution in [3.63, 3.8) is 0 Å². The number of carboxylic acid groups (broad SMARTS) is 1. The van der Waals surface area contributed by atoms with E-state index in [9.17, 15) is 14.9 Å². The summed E-state index contributed by atoms with van der Waals surface area (Å²) in [7, 11) is 0. The third-order valence-corrected chi connectivity index (χ3v) is 2.40. The van der Waals surface area contributed by atoms with Crippen LogP contribution in [0.3, 0.4) is 0 Å². The van der Waals surface area contributed by atoms with Gasteiger partial charge in [-0.25, -0.2) is 4.79 Å². The Bertz CT molecular complexity index is 461. The number of benzene rings is 1. The molecule has 0 aliphatic rings. The number of carboxylic acids is 1. The van der Waals surface area contributed by atoms with Gasteiger partial charge in [0, 0.05) is 24.4 Å². The van der Waals surface area contributed by atoms with E-state index in [0.29, 0.717) is 12.1 Å². The zero-order valence-electron chi connectivity index (χ0n) is 9.79. The molecule has 0 aliphatic heterocycles. The first kappa shape index (κ1) is 13.9. The first-order valence-corrected chi connectivity index (χ1v) is 5.35. The van der Waals surface area contributed by atoms with Gasteiger partial charge in [-0.1, -0.05) is 0 Å². The van der Waals surface area contributed by atoms with E-state index in [4.69, 9.17) is 10.2 Å². The maximum atomic E-state index is 10.8. The average molecular weight is 254 g/mol. The van der Waals surface area contributed by atoms with Crippen molar-refractivity contribution in [1.29, 1.82) is 0 Å². The van der Waals surface area contributed by atoms with Gasteiger partial charge in [-0.2, -0.15) is 0 Å². The molecular formula is C11H14N2O5. The van der Waals surface area contributed by atoms with Gasteiger partial charge in [0.1, 0.15) is 5.56 Å². The highest BCUT2D eigenvalue weighted by molar-refractivity contribution is 5.93. The number of aliphatic hydroxyl groups is 1. The predicted molar refractivity (Wildman–Crippen MR) is 64.8 cm³/mol. The number of rotatable bonds is 6. The lowest BCUT2D eigenvalue weighted by Crippen LogP contribution is -2.16. The summed E-state index contributed by atoms with van der Waals surface area (Å²) in [6.45, 7) is 1.82. The van der Waals surface area contributed by atoms with Crippen molar-refractivity contribution in [3.8, 4) is 0 Å². The number of aromatic carboxylic acids is 1. The molecule has 0 spiro atoms. The van der Waals surface area contributed by atoms with Crippen LogP contribution in [0, 0.1) is 10.1 Å². The Morgan fingerprint density at radius 3 is 2.72 bits per heavy atom. The lowest BCUT2D eigenvalue weighted by molar-refractivity contribution is -0.385. The summed E-state index contributed by atoms with van der Waals surface area (Å²) < 4.78 is 0. The van der Waals surface area contributed by atoms with E-state index in [2.05, 4.69) is 5.32 Å². The molecule has 0 bridgehead atoms. The lowest BCUT2D eigenvalue weighted by atomic mass is 10.1. The van der Waals surface area contributed by atoms with Crippen LogP contribution in [0.15, 0.2) is 18.2 Å². The van der Waals surface area contributed by atoms with Gasteiger partial charge in [0.15, 0.2) is 0 Å². The molecule has 3 N–H and O–H groups in total. The van der Waals surface area contributed by atoms with Gasteiger partial charge in [-0.05, 0) is 25.5 Å². The number of hydrogen-bond acceptors (Lipinski definition) is 5. The van der Waals surface area contributed by atoms with E-state index in [1.165, 1.54) is 18.2 Å². The highest BCUT2D eigenvalue weighted by Gasteiger charge is 2.20. The Morgan fingerprint density at radius 2 is 2.22 bits per heavy atom. The van der Waals surface area contributed by atoms with E-state index < -0.39 is 16.6 Å². The standard InChI is InChI=1S/C11H14N2O5/c1-7(4-5-14)12-8-2-3-9(11(15)16)10(6-8)13(17)18/h2-3,6-7,12,14H,4-5H2,1H3,(H,15,16). The molecule has 1 rings (SSSR count). The summed E-state index contributed by atoms with van der Waals surface area (Å²) in [6, 6.07) is 3.76. The molecule has 0 heterocycles. The Kier molecular flexibility index (Phi) is 4.61. The van der Waals surface area contributed by atoms with Crippen molar-refractivity contribution in [2.45, 2.75) is 19.4 Å². The van der Waals surface area contributed by atoms with Gasteiger partial charge < -0.3 is 15.5 Å². The highest BCUT2D eigenvalue weighted by atomic mass is 16.6. The van der Waals surface area contributed by atoms with E-state index >= 15 is 0 Å². The monoisotopic (exact) mass is 254 g/mol. The molecule has 0 aromatic heterocycles. The van der Waals surface area contributed by atoms with Crippen LogP contribution in [0.5, 0.6) is 0 Å². The van der Waals surface area contributed by atoms with E-state index in [1.807, 2.05) is 6.92 Å². The van der Waals surface area contributed by atoms with Crippen LogP contribution in [0.25, 0.3) is 0 Å². The number of nitro benzene ring substituents is 1. The molecule has 0 saturated heterocycles. The van der Waals surface area contributed by atoms with Crippen LogP contribution in [0.2, 0.25) is 0 Å². The Balaban J connectivity index is 3.00. The number of nitro groups is 1. The van der Waals surface area contributed by atoms with Gasteiger partial charge in [0.05, 0.1) is 4.92 Å². The second-order valence-electron chi connectivity index (χ2n) is 3.85. The topological polar surface area (TPSA) is 113 Å². The van der Waals surface area contributed by atoms with Crippen LogP contribution in [-0.4, -0.2) is 33.8 Å².